The molecule has 0 saturated heterocycles. The minimum absolute atomic E-state index is 0.0780. The lowest BCUT2D eigenvalue weighted by atomic mass is 10.1. The number of H-pyrrole nitrogens is 1. The smallest absolute Gasteiger partial charge is 0.261 e. The summed E-state index contributed by atoms with van der Waals surface area (Å²) in [6.45, 7) is 0.0780. The van der Waals surface area contributed by atoms with Gasteiger partial charge in [0.25, 0.3) is 5.91 Å². The second kappa shape index (κ2) is 8.64. The first-order chi connectivity index (χ1) is 14.5. The highest BCUT2D eigenvalue weighted by Crippen LogP contribution is 2.29. The second-order valence-electron chi connectivity index (χ2n) is 6.52. The number of rotatable bonds is 6. The van der Waals surface area contributed by atoms with E-state index >= 15 is 0 Å². The van der Waals surface area contributed by atoms with Gasteiger partial charge in [-0.15, -0.1) is 11.3 Å². The molecule has 0 aliphatic rings. The van der Waals surface area contributed by atoms with Crippen LogP contribution < -0.4 is 10.6 Å². The molecule has 0 aliphatic heterocycles. The van der Waals surface area contributed by atoms with E-state index in [1.165, 1.54) is 17.4 Å². The number of aromatic amines is 1. The van der Waals surface area contributed by atoms with Crippen molar-refractivity contribution in [2.75, 3.05) is 5.32 Å². The number of thiophene rings is 1. The molecule has 9 heteroatoms. The molecule has 2 heterocycles. The molecule has 0 unspecified atom stereocenters. The van der Waals surface area contributed by atoms with Crippen molar-refractivity contribution in [2.24, 2.45) is 0 Å². The third-order valence-electron chi connectivity index (χ3n) is 4.45. The Hall–Kier alpha value is -3.23. The Bertz CT molecular complexity index is 1240. The zero-order valence-electron chi connectivity index (χ0n) is 15.5. The molecule has 4 aromatic rings. The molecule has 4 rings (SSSR count). The van der Waals surface area contributed by atoms with Gasteiger partial charge in [0, 0.05) is 17.1 Å². The summed E-state index contributed by atoms with van der Waals surface area (Å²) in [5, 5.41) is 13.5. The number of amides is 2. The minimum Gasteiger partial charge on any atom is -0.347 e. The van der Waals surface area contributed by atoms with Gasteiger partial charge in [-0.2, -0.15) is 5.10 Å². The summed E-state index contributed by atoms with van der Waals surface area (Å²) < 4.78 is 13.7. The molecule has 0 radical (unpaired) electrons. The van der Waals surface area contributed by atoms with E-state index < -0.39 is 0 Å². The van der Waals surface area contributed by atoms with Crippen LogP contribution in [0.1, 0.15) is 20.8 Å². The van der Waals surface area contributed by atoms with E-state index in [0.29, 0.717) is 37.1 Å². The number of aromatic nitrogens is 2. The number of carbonyl (C=O) groups is 2. The van der Waals surface area contributed by atoms with Crippen molar-refractivity contribution in [2.45, 2.75) is 13.0 Å². The molecule has 30 heavy (non-hydrogen) atoms. The van der Waals surface area contributed by atoms with Crippen LogP contribution in [0.2, 0.25) is 5.02 Å². The van der Waals surface area contributed by atoms with Crippen LogP contribution in [-0.2, 0) is 17.8 Å². The summed E-state index contributed by atoms with van der Waals surface area (Å²) in [5.41, 5.74) is 1.12. The molecular formula is C21H16ClFN4O2S. The van der Waals surface area contributed by atoms with Crippen molar-refractivity contribution in [1.82, 2.24) is 15.5 Å². The van der Waals surface area contributed by atoms with Gasteiger partial charge >= 0.3 is 0 Å². The molecule has 0 saturated carbocycles. The maximum absolute atomic E-state index is 13.7. The van der Waals surface area contributed by atoms with Gasteiger partial charge in [-0.1, -0.05) is 48.0 Å². The lowest BCUT2D eigenvalue weighted by Crippen LogP contribution is -2.22. The number of hydrogen-bond acceptors (Lipinski definition) is 4. The Morgan fingerprint density at radius 2 is 1.83 bits per heavy atom. The molecule has 2 aromatic heterocycles. The zero-order valence-corrected chi connectivity index (χ0v) is 17.1. The van der Waals surface area contributed by atoms with Gasteiger partial charge < -0.3 is 10.6 Å². The van der Waals surface area contributed by atoms with E-state index in [9.17, 15) is 14.0 Å². The minimum atomic E-state index is -0.373. The number of fused-ring (bicyclic) bond motifs is 1. The number of benzene rings is 2. The summed E-state index contributed by atoms with van der Waals surface area (Å²) in [5.74, 6) is -0.561. The number of nitrogens with zero attached hydrogens (tertiary/aromatic N) is 1. The SMILES string of the molecule is O=C(Cc1ccccc1Cl)Nc1[nH]nc2sc(C(=O)NCc3ccccc3F)cc12. The van der Waals surface area contributed by atoms with Crippen LogP contribution >= 0.6 is 22.9 Å². The Balaban J connectivity index is 1.44. The van der Waals surface area contributed by atoms with Gasteiger partial charge in [0.1, 0.15) is 16.5 Å². The van der Waals surface area contributed by atoms with Crippen LogP contribution in [0, 0.1) is 5.82 Å². The Morgan fingerprint density at radius 1 is 1.10 bits per heavy atom. The molecule has 0 spiro atoms. The zero-order chi connectivity index (χ0) is 21.1. The molecular weight excluding hydrogens is 427 g/mol. The average Bonchev–Trinajstić information content (AvgIpc) is 3.31. The van der Waals surface area contributed by atoms with Crippen LogP contribution in [0.4, 0.5) is 10.2 Å². The third-order valence-corrected chi connectivity index (χ3v) is 5.84. The first kappa shape index (κ1) is 20.1. The van der Waals surface area contributed by atoms with Gasteiger partial charge in [0.15, 0.2) is 0 Å². The molecule has 152 valence electrons. The molecule has 2 amide bonds. The number of halogens is 2. The van der Waals surface area contributed by atoms with Crippen LogP contribution in [-0.4, -0.2) is 22.0 Å². The summed E-state index contributed by atoms with van der Waals surface area (Å²) in [6, 6.07) is 15.0. The van der Waals surface area contributed by atoms with E-state index in [1.807, 2.05) is 6.07 Å². The molecule has 6 nitrogen and oxygen atoms in total. The van der Waals surface area contributed by atoms with Gasteiger partial charge in [0.05, 0.1) is 16.7 Å². The van der Waals surface area contributed by atoms with Gasteiger partial charge in [0.2, 0.25) is 5.91 Å². The van der Waals surface area contributed by atoms with Crippen LogP contribution in [0.25, 0.3) is 10.2 Å². The van der Waals surface area contributed by atoms with Crippen molar-refractivity contribution in [3.8, 4) is 0 Å². The summed E-state index contributed by atoms with van der Waals surface area (Å²) in [6.07, 6.45) is 0.111. The fourth-order valence-corrected chi connectivity index (χ4v) is 4.04. The Kier molecular flexibility index (Phi) is 5.78. The quantitative estimate of drug-likeness (QED) is 0.410. The fourth-order valence-electron chi connectivity index (χ4n) is 2.92. The average molecular weight is 443 g/mol. The number of carbonyl (C=O) groups excluding carboxylic acids is 2. The standard InChI is InChI=1S/C21H16ClFN4O2S/c22-15-7-3-1-5-12(15)9-18(28)25-19-14-10-17(30-21(14)27-26-19)20(29)24-11-13-6-2-4-8-16(13)23/h1-8,10H,9,11H2,(H,24,29)(H2,25,26,27,28). The highest BCUT2D eigenvalue weighted by molar-refractivity contribution is 7.20. The Morgan fingerprint density at radius 3 is 2.60 bits per heavy atom. The molecule has 3 N–H and O–H groups in total. The van der Waals surface area contributed by atoms with Crippen LogP contribution in [0.15, 0.2) is 54.6 Å². The van der Waals surface area contributed by atoms with Gasteiger partial charge in [-0.3, -0.25) is 14.7 Å². The largest absolute Gasteiger partial charge is 0.347 e. The third kappa shape index (κ3) is 4.34. The molecule has 0 fully saturated rings. The van der Waals surface area contributed by atoms with Gasteiger partial charge in [-0.25, -0.2) is 4.39 Å². The maximum atomic E-state index is 13.7. The van der Waals surface area contributed by atoms with Crippen molar-refractivity contribution >= 4 is 50.8 Å². The highest BCUT2D eigenvalue weighted by atomic mass is 35.5. The lowest BCUT2D eigenvalue weighted by Gasteiger charge is -2.05. The predicted molar refractivity (Wildman–Crippen MR) is 115 cm³/mol. The molecule has 0 aliphatic carbocycles. The summed E-state index contributed by atoms with van der Waals surface area (Å²) in [4.78, 5) is 25.8. The number of nitrogens with one attached hydrogen (secondary N) is 3. The second-order valence-corrected chi connectivity index (χ2v) is 7.96. The fraction of sp³-hybridized carbons (Fsp3) is 0.0952. The highest BCUT2D eigenvalue weighted by Gasteiger charge is 2.17. The number of anilines is 1. The topological polar surface area (TPSA) is 86.9 Å². The van der Waals surface area contributed by atoms with E-state index in [0.717, 1.165) is 0 Å². The molecule has 0 atom stereocenters. The normalized spacial score (nSPS) is 10.9. The van der Waals surface area contributed by atoms with Crippen molar-refractivity contribution < 1.29 is 14.0 Å². The van der Waals surface area contributed by atoms with E-state index in [2.05, 4.69) is 20.8 Å². The first-order valence-electron chi connectivity index (χ1n) is 9.04. The molecule has 2 aromatic carbocycles. The number of hydrogen-bond donors (Lipinski definition) is 3. The van der Waals surface area contributed by atoms with Crippen molar-refractivity contribution in [3.63, 3.8) is 0 Å². The van der Waals surface area contributed by atoms with Crippen molar-refractivity contribution in [3.05, 3.63) is 81.4 Å². The van der Waals surface area contributed by atoms with E-state index in [4.69, 9.17) is 11.6 Å². The Labute approximate surface area is 180 Å². The molecule has 0 bridgehead atoms. The lowest BCUT2D eigenvalue weighted by molar-refractivity contribution is -0.115. The van der Waals surface area contributed by atoms with E-state index in [1.54, 1.807) is 42.5 Å². The van der Waals surface area contributed by atoms with Crippen LogP contribution in [0.3, 0.4) is 0 Å². The summed E-state index contributed by atoms with van der Waals surface area (Å²) in [7, 11) is 0. The predicted octanol–water partition coefficient (Wildman–Crippen LogP) is 4.53. The van der Waals surface area contributed by atoms with Gasteiger partial charge in [-0.05, 0) is 23.8 Å². The maximum Gasteiger partial charge on any atom is 0.261 e. The van der Waals surface area contributed by atoms with E-state index in [-0.39, 0.29) is 30.6 Å². The van der Waals surface area contributed by atoms with Crippen molar-refractivity contribution in [1.29, 1.82) is 0 Å². The first-order valence-corrected chi connectivity index (χ1v) is 10.2. The van der Waals surface area contributed by atoms with Crippen LogP contribution in [0.5, 0.6) is 0 Å². The monoisotopic (exact) mass is 442 g/mol. The summed E-state index contributed by atoms with van der Waals surface area (Å²) >= 11 is 7.28.